The largest absolute Gasteiger partial charge is 0.474 e. The molecule has 2 fully saturated rings. The summed E-state index contributed by atoms with van der Waals surface area (Å²) in [6, 6.07) is 0. The Kier molecular flexibility index (Phi) is 2.43. The van der Waals surface area contributed by atoms with E-state index in [1.807, 2.05) is 4.90 Å². The molecule has 5 heteroatoms. The normalized spacial score (nSPS) is 33.4. The van der Waals surface area contributed by atoms with Crippen molar-refractivity contribution in [1.82, 2.24) is 4.90 Å². The Morgan fingerprint density at radius 3 is 3.14 bits per heavy atom. The van der Waals surface area contributed by atoms with Crippen LogP contribution in [0.2, 0.25) is 0 Å². The number of hydrogen-bond donors (Lipinski definition) is 1. The molecule has 1 N–H and O–H groups in total. The minimum Gasteiger partial charge on any atom is -0.474 e. The third-order valence-electron chi connectivity index (χ3n) is 2.39. The van der Waals surface area contributed by atoms with Gasteiger partial charge in [-0.2, -0.15) is 0 Å². The quantitative estimate of drug-likeness (QED) is 0.625. The number of rotatable bonds is 2. The summed E-state index contributed by atoms with van der Waals surface area (Å²) in [5.74, 6) is 0.209. The summed E-state index contributed by atoms with van der Waals surface area (Å²) in [4.78, 5) is 12.8. The highest BCUT2D eigenvalue weighted by Crippen LogP contribution is 2.35. The first kappa shape index (κ1) is 9.48. The van der Waals surface area contributed by atoms with E-state index in [1.165, 1.54) is 13.0 Å². The molecular formula is C9H13NO4. The minimum absolute atomic E-state index is 0.0251. The standard InChI is InChI=1S/C9H13NO4/c1-6(12)13-9-7(3-5-11)14-8-2-4-10(8)9/h3,8-9,11H,2,4-5H2,1H3/b7-3+/t8-,9?/m1/s1. The van der Waals surface area contributed by atoms with Crippen molar-refractivity contribution in [2.45, 2.75) is 25.8 Å². The molecule has 2 saturated heterocycles. The van der Waals surface area contributed by atoms with Crippen LogP contribution < -0.4 is 0 Å². The Bertz CT molecular complexity index is 276. The van der Waals surface area contributed by atoms with Gasteiger partial charge in [0.1, 0.15) is 0 Å². The van der Waals surface area contributed by atoms with E-state index >= 15 is 0 Å². The number of carbonyl (C=O) groups excluding carboxylic acids is 1. The molecule has 0 aromatic rings. The monoisotopic (exact) mass is 199 g/mol. The molecule has 0 saturated carbocycles. The highest BCUT2D eigenvalue weighted by atomic mass is 16.6. The minimum atomic E-state index is -0.432. The Morgan fingerprint density at radius 2 is 2.64 bits per heavy atom. The maximum Gasteiger partial charge on any atom is 0.304 e. The lowest BCUT2D eigenvalue weighted by atomic mass is 10.2. The third kappa shape index (κ3) is 1.49. The van der Waals surface area contributed by atoms with Crippen LogP contribution >= 0.6 is 0 Å². The predicted molar refractivity (Wildman–Crippen MR) is 46.9 cm³/mol. The number of nitrogens with zero attached hydrogens (tertiary/aromatic N) is 1. The van der Waals surface area contributed by atoms with Crippen molar-refractivity contribution in [2.24, 2.45) is 0 Å². The van der Waals surface area contributed by atoms with Gasteiger partial charge < -0.3 is 14.6 Å². The molecule has 14 heavy (non-hydrogen) atoms. The highest BCUT2D eigenvalue weighted by molar-refractivity contribution is 5.66. The number of esters is 1. The van der Waals surface area contributed by atoms with Crippen LogP contribution in [-0.4, -0.2) is 41.6 Å². The molecule has 0 aromatic heterocycles. The Morgan fingerprint density at radius 1 is 1.86 bits per heavy atom. The number of fused-ring (bicyclic) bond motifs is 1. The van der Waals surface area contributed by atoms with E-state index in [0.717, 1.165) is 13.0 Å². The first-order valence-corrected chi connectivity index (χ1v) is 4.63. The number of aliphatic hydroxyl groups is 1. The second kappa shape index (κ2) is 3.59. The average Bonchev–Trinajstić information content (AvgIpc) is 2.27. The van der Waals surface area contributed by atoms with E-state index in [2.05, 4.69) is 0 Å². The van der Waals surface area contributed by atoms with Gasteiger partial charge in [-0.3, -0.25) is 4.79 Å². The van der Waals surface area contributed by atoms with E-state index in [1.54, 1.807) is 0 Å². The summed E-state index contributed by atoms with van der Waals surface area (Å²) in [5, 5.41) is 8.76. The second-order valence-electron chi connectivity index (χ2n) is 3.35. The summed E-state index contributed by atoms with van der Waals surface area (Å²) in [6.07, 6.45) is 2.07. The van der Waals surface area contributed by atoms with Gasteiger partial charge in [0.15, 0.2) is 12.0 Å². The van der Waals surface area contributed by atoms with Crippen LogP contribution in [-0.2, 0) is 14.3 Å². The molecule has 2 aliphatic rings. The van der Waals surface area contributed by atoms with Gasteiger partial charge in [0, 0.05) is 19.9 Å². The molecule has 2 aliphatic heterocycles. The molecule has 2 atom stereocenters. The predicted octanol–water partition coefficient (Wildman–Crippen LogP) is -0.186. The van der Waals surface area contributed by atoms with Gasteiger partial charge in [0.25, 0.3) is 0 Å². The first-order valence-electron chi connectivity index (χ1n) is 4.63. The molecule has 1 unspecified atom stereocenters. The van der Waals surface area contributed by atoms with E-state index in [-0.39, 0.29) is 18.8 Å². The van der Waals surface area contributed by atoms with E-state index < -0.39 is 6.23 Å². The van der Waals surface area contributed by atoms with Gasteiger partial charge >= 0.3 is 5.97 Å². The number of carbonyl (C=O) groups is 1. The lowest BCUT2D eigenvalue weighted by molar-refractivity contribution is -0.157. The Labute approximate surface area is 81.9 Å². The molecule has 5 nitrogen and oxygen atoms in total. The molecule has 2 heterocycles. The zero-order valence-electron chi connectivity index (χ0n) is 7.97. The van der Waals surface area contributed by atoms with Gasteiger partial charge in [0.2, 0.25) is 6.23 Å². The van der Waals surface area contributed by atoms with Crippen LogP contribution in [0.15, 0.2) is 11.8 Å². The van der Waals surface area contributed by atoms with Crippen LogP contribution in [0.1, 0.15) is 13.3 Å². The Hall–Kier alpha value is -1.07. The van der Waals surface area contributed by atoms with E-state index in [4.69, 9.17) is 14.6 Å². The van der Waals surface area contributed by atoms with E-state index in [9.17, 15) is 4.79 Å². The van der Waals surface area contributed by atoms with Crippen molar-refractivity contribution in [3.05, 3.63) is 11.8 Å². The summed E-state index contributed by atoms with van der Waals surface area (Å²) in [6.45, 7) is 2.13. The van der Waals surface area contributed by atoms with Gasteiger partial charge in [-0.25, -0.2) is 4.90 Å². The topological polar surface area (TPSA) is 59.0 Å². The van der Waals surface area contributed by atoms with Crippen molar-refractivity contribution in [3.63, 3.8) is 0 Å². The van der Waals surface area contributed by atoms with Crippen LogP contribution in [0.4, 0.5) is 0 Å². The van der Waals surface area contributed by atoms with E-state index in [0.29, 0.717) is 5.76 Å². The van der Waals surface area contributed by atoms with Crippen molar-refractivity contribution in [3.8, 4) is 0 Å². The fraction of sp³-hybridized carbons (Fsp3) is 0.667. The molecule has 0 amide bonds. The number of aliphatic hydroxyl groups excluding tert-OH is 1. The van der Waals surface area contributed by atoms with Crippen molar-refractivity contribution in [1.29, 1.82) is 0 Å². The Balaban J connectivity index is 2.09. The maximum atomic E-state index is 10.8. The van der Waals surface area contributed by atoms with Gasteiger partial charge in [-0.05, 0) is 6.08 Å². The number of ether oxygens (including phenoxy) is 2. The van der Waals surface area contributed by atoms with Crippen molar-refractivity contribution in [2.75, 3.05) is 13.2 Å². The van der Waals surface area contributed by atoms with Crippen LogP contribution in [0, 0.1) is 0 Å². The molecule has 0 aliphatic carbocycles. The first-order chi connectivity index (χ1) is 6.72. The second-order valence-corrected chi connectivity index (χ2v) is 3.35. The number of hydrogen-bond acceptors (Lipinski definition) is 5. The van der Waals surface area contributed by atoms with Gasteiger partial charge in [-0.1, -0.05) is 0 Å². The van der Waals surface area contributed by atoms with Crippen LogP contribution in [0.25, 0.3) is 0 Å². The zero-order chi connectivity index (χ0) is 10.1. The smallest absolute Gasteiger partial charge is 0.304 e. The molecule has 0 spiro atoms. The van der Waals surface area contributed by atoms with Crippen molar-refractivity contribution >= 4 is 5.97 Å². The zero-order valence-corrected chi connectivity index (χ0v) is 7.97. The lowest BCUT2D eigenvalue weighted by Gasteiger charge is -2.34. The molecule has 78 valence electrons. The summed E-state index contributed by atoms with van der Waals surface area (Å²) in [7, 11) is 0. The summed E-state index contributed by atoms with van der Waals surface area (Å²) < 4.78 is 10.6. The van der Waals surface area contributed by atoms with Gasteiger partial charge in [-0.15, -0.1) is 0 Å². The molecule has 0 radical (unpaired) electrons. The third-order valence-corrected chi connectivity index (χ3v) is 2.39. The molecular weight excluding hydrogens is 186 g/mol. The van der Waals surface area contributed by atoms with Crippen molar-refractivity contribution < 1.29 is 19.4 Å². The fourth-order valence-electron chi connectivity index (χ4n) is 1.68. The average molecular weight is 199 g/mol. The summed E-state index contributed by atoms with van der Waals surface area (Å²) >= 11 is 0. The maximum absolute atomic E-state index is 10.8. The molecule has 0 bridgehead atoms. The van der Waals surface area contributed by atoms with Crippen LogP contribution in [0.5, 0.6) is 0 Å². The SMILES string of the molecule is CC(=O)OC1/C(=C\CO)O[C@@H]2CCN12. The van der Waals surface area contributed by atoms with Gasteiger partial charge in [0.05, 0.1) is 6.61 Å². The molecule has 0 aromatic carbocycles. The van der Waals surface area contributed by atoms with Crippen LogP contribution in [0.3, 0.4) is 0 Å². The highest BCUT2D eigenvalue weighted by Gasteiger charge is 2.46. The lowest BCUT2D eigenvalue weighted by Crippen LogP contribution is -2.48. The summed E-state index contributed by atoms with van der Waals surface area (Å²) in [5.41, 5.74) is 0. The fourth-order valence-corrected chi connectivity index (χ4v) is 1.68. The molecule has 2 rings (SSSR count).